The molecule has 0 N–H and O–H groups in total. The Bertz CT molecular complexity index is 1600. The maximum absolute atomic E-state index is 4.98. The molecular weight excluding hydrogens is 400 g/mol. The standard InChI is InChI=1S/C31H22N2/c1-21-32-30(23-13-6-3-7-14-23)29-27-18-9-8-15-26(27)20-28(31(29)33-21)25-17-10-16-24(19-25)22-11-4-2-5-12-22/h2-20H,1H3. The molecule has 0 amide bonds. The molecule has 2 nitrogen and oxygen atoms in total. The molecule has 0 fully saturated rings. The summed E-state index contributed by atoms with van der Waals surface area (Å²) in [7, 11) is 0. The van der Waals surface area contributed by atoms with Gasteiger partial charge in [0.15, 0.2) is 0 Å². The largest absolute Gasteiger partial charge is 0.233 e. The molecule has 0 saturated carbocycles. The molecule has 33 heavy (non-hydrogen) atoms. The van der Waals surface area contributed by atoms with Gasteiger partial charge in [0.2, 0.25) is 0 Å². The first-order valence-corrected chi connectivity index (χ1v) is 11.2. The van der Waals surface area contributed by atoms with E-state index in [-0.39, 0.29) is 0 Å². The van der Waals surface area contributed by atoms with Crippen LogP contribution in [0.25, 0.3) is 55.2 Å². The van der Waals surface area contributed by atoms with Gasteiger partial charge in [-0.05, 0) is 46.5 Å². The lowest BCUT2D eigenvalue weighted by molar-refractivity contribution is 1.10. The van der Waals surface area contributed by atoms with Crippen LogP contribution in [-0.2, 0) is 0 Å². The van der Waals surface area contributed by atoms with Crippen LogP contribution in [0.2, 0.25) is 0 Å². The van der Waals surface area contributed by atoms with Crippen molar-refractivity contribution in [3.05, 3.63) is 121 Å². The van der Waals surface area contributed by atoms with E-state index in [1.54, 1.807) is 0 Å². The Morgan fingerprint density at radius 2 is 1.15 bits per heavy atom. The van der Waals surface area contributed by atoms with Crippen molar-refractivity contribution in [2.45, 2.75) is 6.92 Å². The Kier molecular flexibility index (Phi) is 4.70. The van der Waals surface area contributed by atoms with Gasteiger partial charge in [0, 0.05) is 16.5 Å². The molecule has 1 aromatic heterocycles. The fourth-order valence-electron chi connectivity index (χ4n) is 4.62. The van der Waals surface area contributed by atoms with Gasteiger partial charge in [0.05, 0.1) is 11.2 Å². The highest BCUT2D eigenvalue weighted by molar-refractivity contribution is 6.17. The first kappa shape index (κ1) is 19.4. The van der Waals surface area contributed by atoms with Crippen LogP contribution in [0.15, 0.2) is 115 Å². The quantitative estimate of drug-likeness (QED) is 0.269. The number of nitrogens with zero attached hydrogens (tertiary/aromatic N) is 2. The molecule has 0 aliphatic heterocycles. The Hall–Kier alpha value is -4.30. The zero-order valence-electron chi connectivity index (χ0n) is 18.4. The topological polar surface area (TPSA) is 25.8 Å². The molecule has 1 heterocycles. The number of aromatic nitrogens is 2. The van der Waals surface area contributed by atoms with E-state index in [1.165, 1.54) is 21.9 Å². The van der Waals surface area contributed by atoms with Gasteiger partial charge in [-0.3, -0.25) is 0 Å². The lowest BCUT2D eigenvalue weighted by atomic mass is 9.92. The van der Waals surface area contributed by atoms with Gasteiger partial charge in [0.1, 0.15) is 5.82 Å². The molecule has 0 spiro atoms. The minimum Gasteiger partial charge on any atom is -0.233 e. The Morgan fingerprint density at radius 3 is 1.94 bits per heavy atom. The van der Waals surface area contributed by atoms with Crippen LogP contribution in [0.5, 0.6) is 0 Å². The summed E-state index contributed by atoms with van der Waals surface area (Å²) in [6.45, 7) is 1.98. The molecule has 6 rings (SSSR count). The second-order valence-electron chi connectivity index (χ2n) is 8.30. The van der Waals surface area contributed by atoms with E-state index in [0.717, 1.165) is 39.1 Å². The summed E-state index contributed by atoms with van der Waals surface area (Å²) in [4.78, 5) is 9.89. The normalized spacial score (nSPS) is 11.2. The summed E-state index contributed by atoms with van der Waals surface area (Å²) in [6, 6.07) is 40.5. The van der Waals surface area contributed by atoms with Crippen LogP contribution >= 0.6 is 0 Å². The molecular formula is C31H22N2. The highest BCUT2D eigenvalue weighted by Crippen LogP contribution is 2.39. The summed E-state index contributed by atoms with van der Waals surface area (Å²) in [6.07, 6.45) is 0. The van der Waals surface area contributed by atoms with Gasteiger partial charge in [-0.1, -0.05) is 103 Å². The van der Waals surface area contributed by atoms with E-state index in [9.17, 15) is 0 Å². The van der Waals surface area contributed by atoms with Crippen LogP contribution in [0, 0.1) is 6.92 Å². The fraction of sp³-hybridized carbons (Fsp3) is 0.0323. The van der Waals surface area contributed by atoms with Crippen molar-refractivity contribution < 1.29 is 0 Å². The summed E-state index contributed by atoms with van der Waals surface area (Å²) in [5, 5.41) is 3.47. The number of rotatable bonds is 3. The van der Waals surface area contributed by atoms with Gasteiger partial charge >= 0.3 is 0 Å². The molecule has 0 unspecified atom stereocenters. The third kappa shape index (κ3) is 3.46. The van der Waals surface area contributed by atoms with E-state index in [2.05, 4.69) is 109 Å². The minimum absolute atomic E-state index is 0.775. The van der Waals surface area contributed by atoms with E-state index in [4.69, 9.17) is 9.97 Å². The van der Waals surface area contributed by atoms with Crippen molar-refractivity contribution in [3.8, 4) is 33.5 Å². The van der Waals surface area contributed by atoms with Crippen molar-refractivity contribution in [1.29, 1.82) is 0 Å². The summed E-state index contributed by atoms with van der Waals surface area (Å²) < 4.78 is 0. The summed E-state index contributed by atoms with van der Waals surface area (Å²) in [5.41, 5.74) is 7.77. The first-order valence-electron chi connectivity index (χ1n) is 11.2. The zero-order valence-corrected chi connectivity index (χ0v) is 18.4. The van der Waals surface area contributed by atoms with Crippen LogP contribution < -0.4 is 0 Å². The highest BCUT2D eigenvalue weighted by Gasteiger charge is 2.16. The second-order valence-corrected chi connectivity index (χ2v) is 8.30. The predicted octanol–water partition coefficient (Wildman–Crippen LogP) is 8.09. The van der Waals surface area contributed by atoms with E-state index in [1.807, 2.05) is 13.0 Å². The van der Waals surface area contributed by atoms with E-state index in [0.29, 0.717) is 0 Å². The van der Waals surface area contributed by atoms with Crippen LogP contribution in [0.3, 0.4) is 0 Å². The SMILES string of the molecule is Cc1nc(-c2ccccc2)c2c(n1)c(-c1cccc(-c3ccccc3)c1)cc1ccccc12. The Balaban J connectivity index is 1.70. The van der Waals surface area contributed by atoms with Crippen molar-refractivity contribution in [2.75, 3.05) is 0 Å². The molecule has 0 aliphatic carbocycles. The number of benzene rings is 5. The maximum Gasteiger partial charge on any atom is 0.126 e. The average Bonchev–Trinajstić information content (AvgIpc) is 2.89. The molecule has 2 heteroatoms. The predicted molar refractivity (Wildman–Crippen MR) is 138 cm³/mol. The average molecular weight is 423 g/mol. The van der Waals surface area contributed by atoms with Gasteiger partial charge in [-0.25, -0.2) is 9.97 Å². The second kappa shape index (κ2) is 7.99. The van der Waals surface area contributed by atoms with Crippen LogP contribution in [-0.4, -0.2) is 9.97 Å². The van der Waals surface area contributed by atoms with Crippen molar-refractivity contribution >= 4 is 21.7 Å². The lowest BCUT2D eigenvalue weighted by Gasteiger charge is -2.15. The molecule has 5 aromatic carbocycles. The Morgan fingerprint density at radius 1 is 0.515 bits per heavy atom. The first-order chi connectivity index (χ1) is 16.3. The minimum atomic E-state index is 0.775. The molecule has 0 saturated heterocycles. The Labute approximate surface area is 193 Å². The van der Waals surface area contributed by atoms with Crippen molar-refractivity contribution in [1.82, 2.24) is 9.97 Å². The van der Waals surface area contributed by atoms with E-state index < -0.39 is 0 Å². The molecule has 0 aliphatic rings. The zero-order chi connectivity index (χ0) is 22.2. The summed E-state index contributed by atoms with van der Waals surface area (Å²) in [5.74, 6) is 0.775. The van der Waals surface area contributed by atoms with Crippen molar-refractivity contribution in [3.63, 3.8) is 0 Å². The number of hydrogen-bond acceptors (Lipinski definition) is 2. The lowest BCUT2D eigenvalue weighted by Crippen LogP contribution is -1.97. The number of aryl methyl sites for hydroxylation is 1. The smallest absolute Gasteiger partial charge is 0.126 e. The molecule has 156 valence electrons. The molecule has 0 atom stereocenters. The highest BCUT2D eigenvalue weighted by atomic mass is 14.9. The van der Waals surface area contributed by atoms with Gasteiger partial charge in [-0.2, -0.15) is 0 Å². The van der Waals surface area contributed by atoms with Gasteiger partial charge in [0.25, 0.3) is 0 Å². The third-order valence-electron chi connectivity index (χ3n) is 6.13. The fourth-order valence-corrected chi connectivity index (χ4v) is 4.62. The van der Waals surface area contributed by atoms with Gasteiger partial charge < -0.3 is 0 Å². The molecule has 0 radical (unpaired) electrons. The third-order valence-corrected chi connectivity index (χ3v) is 6.13. The van der Waals surface area contributed by atoms with Crippen LogP contribution in [0.1, 0.15) is 5.82 Å². The maximum atomic E-state index is 4.98. The molecule has 6 aromatic rings. The van der Waals surface area contributed by atoms with Gasteiger partial charge in [-0.15, -0.1) is 0 Å². The number of hydrogen-bond donors (Lipinski definition) is 0. The monoisotopic (exact) mass is 422 g/mol. The molecule has 0 bridgehead atoms. The summed E-state index contributed by atoms with van der Waals surface area (Å²) >= 11 is 0. The van der Waals surface area contributed by atoms with E-state index >= 15 is 0 Å². The van der Waals surface area contributed by atoms with Crippen LogP contribution in [0.4, 0.5) is 0 Å². The number of fused-ring (bicyclic) bond motifs is 3. The van der Waals surface area contributed by atoms with Crippen molar-refractivity contribution in [2.24, 2.45) is 0 Å².